The number of hydrogen-bond donors (Lipinski definition) is 2. The molecule has 0 saturated carbocycles. The Bertz CT molecular complexity index is 783. The van der Waals surface area contributed by atoms with Crippen LogP contribution in [-0.2, 0) is 6.18 Å². The van der Waals surface area contributed by atoms with E-state index in [0.717, 1.165) is 38.3 Å². The first-order valence-corrected chi connectivity index (χ1v) is 7.85. The minimum absolute atomic E-state index is 0.0929. The third-order valence-corrected chi connectivity index (χ3v) is 4.14. The number of hydrogen-bond acceptors (Lipinski definition) is 3. The fraction of sp³-hybridized carbons (Fsp3) is 0.278. The van der Waals surface area contributed by atoms with Gasteiger partial charge in [-0.15, -0.1) is 0 Å². The summed E-state index contributed by atoms with van der Waals surface area (Å²) in [6.45, 7) is 3.15. The summed E-state index contributed by atoms with van der Waals surface area (Å²) in [5.41, 5.74) is 6.12. The molecule has 3 N–H and O–H groups in total. The standard InChI is InChI=1S/C18H17F3N3O/c19-18(20,21)13-3-1-2-12(10-13)15-5-4-14(11-16(15)17(22)25)24-8-6-23-7-9-24/h1-5,10,23H,6-9H2,(H2,22,25). The molecule has 2 aromatic carbocycles. The minimum atomic E-state index is -4.45. The molecule has 1 saturated heterocycles. The van der Waals surface area contributed by atoms with Crippen molar-refractivity contribution in [1.29, 1.82) is 0 Å². The van der Waals surface area contributed by atoms with Gasteiger partial charge in [-0.3, -0.25) is 4.79 Å². The highest BCUT2D eigenvalue weighted by atomic mass is 19.4. The van der Waals surface area contributed by atoms with Crippen molar-refractivity contribution in [2.45, 2.75) is 6.18 Å². The Morgan fingerprint density at radius 3 is 2.52 bits per heavy atom. The van der Waals surface area contributed by atoms with Crippen LogP contribution in [-0.4, -0.2) is 32.1 Å². The molecule has 0 aromatic heterocycles. The summed E-state index contributed by atoms with van der Waals surface area (Å²) in [5, 5.41) is 3.23. The van der Waals surface area contributed by atoms with Crippen LogP contribution in [0.15, 0.2) is 36.4 Å². The molecule has 0 aliphatic carbocycles. The highest BCUT2D eigenvalue weighted by Crippen LogP contribution is 2.34. The molecule has 0 atom stereocenters. The number of alkyl halides is 3. The SMILES string of the molecule is NC(=O)c1[c]c(N2CCNCC2)ccc1-c1cccc(C(F)(F)F)c1. The van der Waals surface area contributed by atoms with Crippen LogP contribution < -0.4 is 16.0 Å². The van der Waals surface area contributed by atoms with Gasteiger partial charge >= 0.3 is 6.18 Å². The quantitative estimate of drug-likeness (QED) is 0.897. The molecule has 1 heterocycles. The van der Waals surface area contributed by atoms with Gasteiger partial charge in [0, 0.05) is 37.9 Å². The van der Waals surface area contributed by atoms with Gasteiger partial charge in [0.25, 0.3) is 0 Å². The monoisotopic (exact) mass is 348 g/mol. The predicted octanol–water partition coefficient (Wildman–Crippen LogP) is 2.68. The number of piperazine rings is 1. The Balaban J connectivity index is 2.03. The van der Waals surface area contributed by atoms with E-state index >= 15 is 0 Å². The van der Waals surface area contributed by atoms with Crippen LogP contribution in [0.5, 0.6) is 0 Å². The summed E-state index contributed by atoms with van der Waals surface area (Å²) >= 11 is 0. The molecular weight excluding hydrogens is 331 g/mol. The molecular formula is C18H17F3N3O. The van der Waals surface area contributed by atoms with Crippen LogP contribution in [0.3, 0.4) is 0 Å². The second-order valence-electron chi connectivity index (χ2n) is 5.81. The van der Waals surface area contributed by atoms with Gasteiger partial charge in [-0.2, -0.15) is 13.2 Å². The number of benzene rings is 2. The van der Waals surface area contributed by atoms with E-state index in [1.165, 1.54) is 12.1 Å². The van der Waals surface area contributed by atoms with Crippen molar-refractivity contribution < 1.29 is 18.0 Å². The second-order valence-corrected chi connectivity index (χ2v) is 5.81. The molecule has 4 nitrogen and oxygen atoms in total. The summed E-state index contributed by atoms with van der Waals surface area (Å²) in [7, 11) is 0. The van der Waals surface area contributed by atoms with Crippen molar-refractivity contribution in [3.63, 3.8) is 0 Å². The molecule has 2 aromatic rings. The molecule has 0 bridgehead atoms. The molecule has 1 aliphatic heterocycles. The number of carbonyl (C=O) groups excluding carboxylic acids is 1. The van der Waals surface area contributed by atoms with E-state index in [1.807, 2.05) is 0 Å². The van der Waals surface area contributed by atoms with E-state index in [0.29, 0.717) is 11.3 Å². The number of amides is 1. The first kappa shape index (κ1) is 17.3. The van der Waals surface area contributed by atoms with Crippen LogP contribution in [0, 0.1) is 6.07 Å². The van der Waals surface area contributed by atoms with Crippen LogP contribution in [0.2, 0.25) is 0 Å². The summed E-state index contributed by atoms with van der Waals surface area (Å²) < 4.78 is 38.8. The lowest BCUT2D eigenvalue weighted by Gasteiger charge is -2.29. The van der Waals surface area contributed by atoms with E-state index in [9.17, 15) is 18.0 Å². The summed E-state index contributed by atoms with van der Waals surface area (Å²) in [6, 6.07) is 11.2. The number of carbonyl (C=O) groups is 1. The minimum Gasteiger partial charge on any atom is -0.368 e. The lowest BCUT2D eigenvalue weighted by Crippen LogP contribution is -2.43. The fourth-order valence-corrected chi connectivity index (χ4v) is 2.87. The van der Waals surface area contributed by atoms with Crippen LogP contribution >= 0.6 is 0 Å². The molecule has 7 heteroatoms. The van der Waals surface area contributed by atoms with E-state index in [4.69, 9.17) is 5.73 Å². The van der Waals surface area contributed by atoms with E-state index < -0.39 is 17.6 Å². The number of halogens is 3. The smallest absolute Gasteiger partial charge is 0.368 e. The molecule has 3 rings (SSSR count). The Labute approximate surface area is 143 Å². The topological polar surface area (TPSA) is 58.4 Å². The molecule has 1 amide bonds. The van der Waals surface area contributed by atoms with E-state index in [2.05, 4.69) is 16.3 Å². The van der Waals surface area contributed by atoms with Crippen molar-refractivity contribution in [3.05, 3.63) is 53.6 Å². The summed E-state index contributed by atoms with van der Waals surface area (Å²) in [5.74, 6) is -0.718. The molecule has 25 heavy (non-hydrogen) atoms. The average Bonchev–Trinajstić information content (AvgIpc) is 2.61. The van der Waals surface area contributed by atoms with Crippen LogP contribution in [0.1, 0.15) is 15.9 Å². The third-order valence-electron chi connectivity index (χ3n) is 4.14. The third kappa shape index (κ3) is 3.76. The average molecular weight is 348 g/mol. The van der Waals surface area contributed by atoms with Gasteiger partial charge in [-0.05, 0) is 29.3 Å². The highest BCUT2D eigenvalue weighted by Gasteiger charge is 2.30. The van der Waals surface area contributed by atoms with Crippen molar-refractivity contribution in [2.75, 3.05) is 31.1 Å². The predicted molar refractivity (Wildman–Crippen MR) is 89.3 cm³/mol. The van der Waals surface area contributed by atoms with Gasteiger partial charge < -0.3 is 16.0 Å². The maximum Gasteiger partial charge on any atom is 0.416 e. The van der Waals surface area contributed by atoms with Gasteiger partial charge in [0.05, 0.1) is 11.1 Å². The first-order chi connectivity index (χ1) is 11.9. The Morgan fingerprint density at radius 2 is 1.88 bits per heavy atom. The lowest BCUT2D eigenvalue weighted by molar-refractivity contribution is -0.137. The fourth-order valence-electron chi connectivity index (χ4n) is 2.87. The van der Waals surface area contributed by atoms with E-state index in [1.54, 1.807) is 12.1 Å². The van der Waals surface area contributed by atoms with Crippen molar-refractivity contribution in [2.24, 2.45) is 5.73 Å². The number of nitrogens with one attached hydrogen (secondary N) is 1. The van der Waals surface area contributed by atoms with Gasteiger partial charge in [0.1, 0.15) is 0 Å². The molecule has 0 unspecified atom stereocenters. The zero-order valence-corrected chi connectivity index (χ0v) is 13.4. The Hall–Kier alpha value is -2.54. The van der Waals surface area contributed by atoms with Gasteiger partial charge in [0.2, 0.25) is 5.91 Å². The molecule has 1 aliphatic rings. The largest absolute Gasteiger partial charge is 0.416 e. The Kier molecular flexibility index (Phi) is 4.67. The lowest BCUT2D eigenvalue weighted by atomic mass is 9.96. The number of anilines is 1. The number of primary amides is 1. The normalized spacial score (nSPS) is 15.2. The van der Waals surface area contributed by atoms with Gasteiger partial charge in [-0.25, -0.2) is 0 Å². The molecule has 1 radical (unpaired) electrons. The maximum atomic E-state index is 12.9. The van der Waals surface area contributed by atoms with Crippen molar-refractivity contribution in [1.82, 2.24) is 5.32 Å². The second kappa shape index (κ2) is 6.76. The number of rotatable bonds is 3. The van der Waals surface area contributed by atoms with Crippen LogP contribution in [0.4, 0.5) is 18.9 Å². The molecule has 131 valence electrons. The number of nitrogens with zero attached hydrogens (tertiary/aromatic N) is 1. The Morgan fingerprint density at radius 1 is 1.16 bits per heavy atom. The van der Waals surface area contributed by atoms with Crippen LogP contribution in [0.25, 0.3) is 11.1 Å². The number of nitrogens with two attached hydrogens (primary N) is 1. The molecule has 0 spiro atoms. The molecule has 1 fully saturated rings. The summed E-state index contributed by atoms with van der Waals surface area (Å²) in [4.78, 5) is 13.9. The van der Waals surface area contributed by atoms with Gasteiger partial charge in [0.15, 0.2) is 0 Å². The first-order valence-electron chi connectivity index (χ1n) is 7.85. The van der Waals surface area contributed by atoms with Gasteiger partial charge in [-0.1, -0.05) is 18.2 Å². The van der Waals surface area contributed by atoms with Crippen molar-refractivity contribution >= 4 is 11.6 Å². The summed E-state index contributed by atoms with van der Waals surface area (Å²) in [6.07, 6.45) is -4.45. The van der Waals surface area contributed by atoms with Crippen molar-refractivity contribution in [3.8, 4) is 11.1 Å². The van der Waals surface area contributed by atoms with E-state index in [-0.39, 0.29) is 11.1 Å². The maximum absolute atomic E-state index is 12.9. The zero-order chi connectivity index (χ0) is 18.0. The highest BCUT2D eigenvalue weighted by molar-refractivity contribution is 6.00. The zero-order valence-electron chi connectivity index (χ0n) is 13.4.